The maximum Gasteiger partial charge on any atom is 0.307 e. The van der Waals surface area contributed by atoms with Crippen molar-refractivity contribution in [2.45, 2.75) is 44.6 Å². The number of ether oxygens (including phenoxy) is 2. The van der Waals surface area contributed by atoms with Crippen LogP contribution in [0, 0.1) is 0 Å². The van der Waals surface area contributed by atoms with Gasteiger partial charge in [0, 0.05) is 46.2 Å². The lowest BCUT2D eigenvalue weighted by molar-refractivity contribution is -0.155. The highest BCUT2D eigenvalue weighted by molar-refractivity contribution is 7.99. The molecule has 31 heavy (non-hydrogen) atoms. The molecule has 4 nitrogen and oxygen atoms in total. The lowest BCUT2D eigenvalue weighted by atomic mass is 10.1. The average molecular weight is 482 g/mol. The van der Waals surface area contributed by atoms with E-state index in [4.69, 9.17) is 32.7 Å². The number of benzene rings is 2. The van der Waals surface area contributed by atoms with Gasteiger partial charge in [0.2, 0.25) is 0 Å². The summed E-state index contributed by atoms with van der Waals surface area (Å²) in [5.74, 6) is 1.69. The molecule has 1 aliphatic heterocycles. The molecule has 2 aromatic rings. The number of hydrogen-bond donors (Lipinski definition) is 0. The molecule has 0 aromatic heterocycles. The number of rotatable bonds is 7. The highest BCUT2D eigenvalue weighted by atomic mass is 35.5. The standard InChI is InChI=1S/C24H29Cl2NO3S/c1-24(2,3)30-23(28)11-12-27-13-14-31-22(15-27)17-7-9-18(10-8-17)29-16-19-20(25)5-4-6-21(19)26/h4-10,22H,11-16H2,1-3H3. The molecule has 1 aliphatic rings. The fourth-order valence-corrected chi connectivity index (χ4v) is 5.17. The molecule has 1 fully saturated rings. The van der Waals surface area contributed by atoms with Gasteiger partial charge in [0.05, 0.1) is 6.42 Å². The summed E-state index contributed by atoms with van der Waals surface area (Å²) in [5, 5.41) is 1.59. The van der Waals surface area contributed by atoms with Gasteiger partial charge in [0.15, 0.2) is 0 Å². The minimum atomic E-state index is -0.432. The molecule has 1 heterocycles. The van der Waals surface area contributed by atoms with Crippen molar-refractivity contribution in [1.82, 2.24) is 4.90 Å². The number of nitrogens with zero attached hydrogens (tertiary/aromatic N) is 1. The summed E-state index contributed by atoms with van der Waals surface area (Å²) in [7, 11) is 0. The number of esters is 1. The minimum Gasteiger partial charge on any atom is -0.489 e. The summed E-state index contributed by atoms with van der Waals surface area (Å²) in [6.07, 6.45) is 0.423. The molecule has 1 unspecified atom stereocenters. The summed E-state index contributed by atoms with van der Waals surface area (Å²) in [5.41, 5.74) is 1.62. The van der Waals surface area contributed by atoms with Gasteiger partial charge in [-0.1, -0.05) is 41.4 Å². The normalized spacial score (nSPS) is 17.4. The molecule has 1 saturated heterocycles. The maximum atomic E-state index is 12.0. The Morgan fingerprint density at radius 1 is 1.13 bits per heavy atom. The summed E-state index contributed by atoms with van der Waals surface area (Å²) in [6.45, 7) is 8.66. The van der Waals surface area contributed by atoms with E-state index in [9.17, 15) is 4.79 Å². The van der Waals surface area contributed by atoms with Gasteiger partial charge in [-0.05, 0) is 50.6 Å². The predicted molar refractivity (Wildman–Crippen MR) is 129 cm³/mol. The topological polar surface area (TPSA) is 38.8 Å². The minimum absolute atomic E-state index is 0.137. The Bertz CT molecular complexity index is 863. The van der Waals surface area contributed by atoms with Crippen molar-refractivity contribution >= 4 is 40.9 Å². The van der Waals surface area contributed by atoms with Gasteiger partial charge in [-0.25, -0.2) is 0 Å². The molecule has 0 spiro atoms. The van der Waals surface area contributed by atoms with E-state index in [2.05, 4.69) is 17.0 Å². The van der Waals surface area contributed by atoms with E-state index in [1.54, 1.807) is 0 Å². The second-order valence-electron chi connectivity index (χ2n) is 8.55. The van der Waals surface area contributed by atoms with Crippen molar-refractivity contribution < 1.29 is 14.3 Å². The lowest BCUT2D eigenvalue weighted by Gasteiger charge is -2.32. The fraction of sp³-hybridized carbons (Fsp3) is 0.458. The Morgan fingerprint density at radius 2 is 1.81 bits per heavy atom. The van der Waals surface area contributed by atoms with Gasteiger partial charge < -0.3 is 14.4 Å². The van der Waals surface area contributed by atoms with Crippen LogP contribution in [0.2, 0.25) is 10.0 Å². The van der Waals surface area contributed by atoms with Crippen molar-refractivity contribution in [3.63, 3.8) is 0 Å². The molecule has 0 radical (unpaired) electrons. The van der Waals surface area contributed by atoms with Gasteiger partial charge in [-0.15, -0.1) is 0 Å². The molecule has 7 heteroatoms. The zero-order chi connectivity index (χ0) is 22.4. The quantitative estimate of drug-likeness (QED) is 0.428. The number of halogens is 2. The van der Waals surface area contributed by atoms with Gasteiger partial charge in [-0.3, -0.25) is 4.79 Å². The Morgan fingerprint density at radius 3 is 2.45 bits per heavy atom. The molecule has 3 rings (SSSR count). The van der Waals surface area contributed by atoms with Gasteiger partial charge in [0.25, 0.3) is 0 Å². The van der Waals surface area contributed by atoms with Crippen LogP contribution < -0.4 is 4.74 Å². The van der Waals surface area contributed by atoms with E-state index in [0.29, 0.717) is 28.3 Å². The first-order valence-electron chi connectivity index (χ1n) is 10.4. The SMILES string of the molecule is CC(C)(C)OC(=O)CCN1CCSC(c2ccc(OCc3c(Cl)cccc3Cl)cc2)C1. The summed E-state index contributed by atoms with van der Waals surface area (Å²) < 4.78 is 11.3. The van der Waals surface area contributed by atoms with E-state index in [1.807, 2.05) is 62.9 Å². The summed E-state index contributed by atoms with van der Waals surface area (Å²) in [4.78, 5) is 14.4. The van der Waals surface area contributed by atoms with Crippen molar-refractivity contribution in [3.8, 4) is 5.75 Å². The van der Waals surface area contributed by atoms with Crippen molar-refractivity contribution in [3.05, 3.63) is 63.6 Å². The maximum absolute atomic E-state index is 12.0. The molecule has 168 valence electrons. The second-order valence-corrected chi connectivity index (χ2v) is 10.7. The number of hydrogen-bond acceptors (Lipinski definition) is 5. The van der Waals surface area contributed by atoms with Crippen LogP contribution in [0.3, 0.4) is 0 Å². The molecule has 0 aliphatic carbocycles. The third-order valence-electron chi connectivity index (χ3n) is 4.90. The average Bonchev–Trinajstić information content (AvgIpc) is 2.71. The van der Waals surface area contributed by atoms with Gasteiger partial charge in [-0.2, -0.15) is 11.8 Å². The molecule has 2 aromatic carbocycles. The van der Waals surface area contributed by atoms with Crippen molar-refractivity contribution in [1.29, 1.82) is 0 Å². The first-order valence-corrected chi connectivity index (χ1v) is 12.2. The number of thioether (sulfide) groups is 1. The molecular formula is C24H29Cl2NO3S. The molecule has 0 bridgehead atoms. The van der Waals surface area contributed by atoms with Crippen molar-refractivity contribution in [2.24, 2.45) is 0 Å². The van der Waals surface area contributed by atoms with Crippen LogP contribution in [0.4, 0.5) is 0 Å². The molecule has 0 saturated carbocycles. The Kier molecular flexibility index (Phi) is 8.57. The zero-order valence-electron chi connectivity index (χ0n) is 18.2. The first kappa shape index (κ1) is 24.2. The molecule has 1 atom stereocenters. The van der Waals surface area contributed by atoms with Gasteiger partial charge >= 0.3 is 5.97 Å². The molecule has 0 N–H and O–H groups in total. The molecular weight excluding hydrogens is 453 g/mol. The van der Waals surface area contributed by atoms with Crippen LogP contribution in [-0.2, 0) is 16.1 Å². The van der Waals surface area contributed by atoms with E-state index in [0.717, 1.165) is 36.7 Å². The smallest absolute Gasteiger partial charge is 0.307 e. The lowest BCUT2D eigenvalue weighted by Crippen LogP contribution is -2.36. The van der Waals surface area contributed by atoms with Crippen LogP contribution in [0.5, 0.6) is 5.75 Å². The summed E-state index contributed by atoms with van der Waals surface area (Å²) in [6, 6.07) is 13.6. The van der Waals surface area contributed by atoms with E-state index in [-0.39, 0.29) is 5.97 Å². The van der Waals surface area contributed by atoms with Crippen molar-refractivity contribution in [2.75, 3.05) is 25.4 Å². The Balaban J connectivity index is 1.51. The van der Waals surface area contributed by atoms with Crippen LogP contribution in [0.15, 0.2) is 42.5 Å². The highest BCUT2D eigenvalue weighted by Gasteiger charge is 2.23. The highest BCUT2D eigenvalue weighted by Crippen LogP contribution is 2.34. The van der Waals surface area contributed by atoms with Crippen LogP contribution in [0.1, 0.15) is 43.6 Å². The van der Waals surface area contributed by atoms with Crippen LogP contribution in [-0.4, -0.2) is 41.9 Å². The second kappa shape index (κ2) is 11.0. The Hall–Kier alpha value is -1.40. The van der Waals surface area contributed by atoms with E-state index >= 15 is 0 Å². The fourth-order valence-electron chi connectivity index (χ4n) is 3.35. The Labute approximate surface area is 199 Å². The zero-order valence-corrected chi connectivity index (χ0v) is 20.5. The third kappa shape index (κ3) is 7.60. The third-order valence-corrected chi connectivity index (χ3v) is 6.85. The van der Waals surface area contributed by atoms with Gasteiger partial charge in [0.1, 0.15) is 18.0 Å². The van der Waals surface area contributed by atoms with Crippen LogP contribution >= 0.6 is 35.0 Å². The molecule has 0 amide bonds. The predicted octanol–water partition coefficient (Wildman–Crippen LogP) is 6.39. The monoisotopic (exact) mass is 481 g/mol. The largest absolute Gasteiger partial charge is 0.489 e. The summed E-state index contributed by atoms with van der Waals surface area (Å²) >= 11 is 14.4. The van der Waals surface area contributed by atoms with Crippen LogP contribution in [0.25, 0.3) is 0 Å². The van der Waals surface area contributed by atoms with E-state index < -0.39 is 5.60 Å². The number of carbonyl (C=O) groups is 1. The van der Waals surface area contributed by atoms with E-state index in [1.165, 1.54) is 5.56 Å². The first-order chi connectivity index (χ1) is 14.7. The number of carbonyl (C=O) groups excluding carboxylic acids is 1.